The van der Waals surface area contributed by atoms with Crippen LogP contribution in [0.15, 0.2) is 158 Å². The van der Waals surface area contributed by atoms with Crippen molar-refractivity contribution in [2.45, 2.75) is 0 Å². The van der Waals surface area contributed by atoms with Gasteiger partial charge >= 0.3 is 0 Å². The number of carbonyl (C=O) groups is 2. The highest BCUT2D eigenvalue weighted by atomic mass is 16.6. The Morgan fingerprint density at radius 1 is 0.333 bits per heavy atom. The van der Waals surface area contributed by atoms with Crippen LogP contribution in [0.25, 0.3) is 64.6 Å². The third-order valence-electron chi connectivity index (χ3n) is 11.5. The standard InChI is InChI=1S/C54H44N2O7/c57-53(55-45-25-21-39-17-15-35-7-5-9-37-19-23-41(45)51(39)49(35)37)43-11-1-3-13-47(43)62-33-31-60-29-27-59-28-30-61-32-34-63-48-14-4-2-12-44(48)54(58)56-46-26-22-40-18-16-36-8-6-10-38-20-24-42(46)52(40)50(36)38/h1-26H,27-34H2,(H,55,57)(H,56,58). The fraction of sp³-hybridized carbons (Fsp3) is 0.148. The van der Waals surface area contributed by atoms with Crippen LogP contribution in [0.4, 0.5) is 11.4 Å². The van der Waals surface area contributed by atoms with Crippen LogP contribution < -0.4 is 20.1 Å². The third-order valence-corrected chi connectivity index (χ3v) is 11.5. The predicted molar refractivity (Wildman–Crippen MR) is 253 cm³/mol. The van der Waals surface area contributed by atoms with E-state index in [1.54, 1.807) is 24.3 Å². The minimum absolute atomic E-state index is 0.243. The van der Waals surface area contributed by atoms with Crippen molar-refractivity contribution in [3.63, 3.8) is 0 Å². The predicted octanol–water partition coefficient (Wildman–Crippen LogP) is 11.5. The Bertz CT molecular complexity index is 2990. The van der Waals surface area contributed by atoms with Gasteiger partial charge in [-0.15, -0.1) is 0 Å². The summed E-state index contributed by atoms with van der Waals surface area (Å²) >= 11 is 0. The lowest BCUT2D eigenvalue weighted by Crippen LogP contribution is -2.17. The van der Waals surface area contributed by atoms with Crippen LogP contribution in [0.5, 0.6) is 11.5 Å². The molecule has 0 aliphatic rings. The molecule has 9 heteroatoms. The molecule has 2 amide bonds. The number of para-hydroxylation sites is 2. The molecule has 0 heterocycles. The van der Waals surface area contributed by atoms with Crippen molar-refractivity contribution in [1.29, 1.82) is 0 Å². The zero-order chi connectivity index (χ0) is 42.5. The first-order valence-electron chi connectivity index (χ1n) is 21.2. The third kappa shape index (κ3) is 8.13. The van der Waals surface area contributed by atoms with Gasteiger partial charge in [-0.25, -0.2) is 0 Å². The highest BCUT2D eigenvalue weighted by molar-refractivity contribution is 6.27. The van der Waals surface area contributed by atoms with Crippen LogP contribution in [0, 0.1) is 0 Å². The molecule has 0 unspecified atom stereocenters. The first-order valence-corrected chi connectivity index (χ1v) is 21.2. The van der Waals surface area contributed by atoms with Gasteiger partial charge in [0.25, 0.3) is 11.8 Å². The van der Waals surface area contributed by atoms with Crippen molar-refractivity contribution in [3.8, 4) is 11.5 Å². The van der Waals surface area contributed by atoms with E-state index in [0.717, 1.165) is 43.7 Å². The number of amides is 2. The van der Waals surface area contributed by atoms with E-state index in [4.69, 9.17) is 23.7 Å². The average Bonchev–Trinajstić information content (AvgIpc) is 3.32. The van der Waals surface area contributed by atoms with E-state index < -0.39 is 0 Å². The molecule has 63 heavy (non-hydrogen) atoms. The zero-order valence-electron chi connectivity index (χ0n) is 34.5. The Morgan fingerprint density at radius 2 is 0.667 bits per heavy atom. The molecule has 0 saturated heterocycles. The van der Waals surface area contributed by atoms with Gasteiger partial charge in [-0.2, -0.15) is 0 Å². The minimum atomic E-state index is -0.243. The molecule has 2 N–H and O–H groups in total. The first-order chi connectivity index (χ1) is 31.1. The van der Waals surface area contributed by atoms with Gasteiger partial charge in [0.1, 0.15) is 24.7 Å². The van der Waals surface area contributed by atoms with Crippen molar-refractivity contribution in [2.24, 2.45) is 0 Å². The van der Waals surface area contributed by atoms with Crippen LogP contribution in [-0.4, -0.2) is 64.7 Å². The molecule has 0 aromatic heterocycles. The molecule has 10 aromatic rings. The van der Waals surface area contributed by atoms with Crippen LogP contribution in [-0.2, 0) is 14.2 Å². The maximum absolute atomic E-state index is 13.6. The number of hydrogen-bond acceptors (Lipinski definition) is 7. The molecule has 9 nitrogen and oxygen atoms in total. The number of anilines is 2. The van der Waals surface area contributed by atoms with Crippen molar-refractivity contribution in [3.05, 3.63) is 169 Å². The van der Waals surface area contributed by atoms with Crippen molar-refractivity contribution in [2.75, 3.05) is 63.5 Å². The maximum Gasteiger partial charge on any atom is 0.259 e. The molecule has 0 spiro atoms. The lowest BCUT2D eigenvalue weighted by Gasteiger charge is -2.16. The topological polar surface area (TPSA) is 104 Å². The van der Waals surface area contributed by atoms with Crippen molar-refractivity contribution in [1.82, 2.24) is 0 Å². The van der Waals surface area contributed by atoms with Crippen LogP contribution in [0.3, 0.4) is 0 Å². The van der Waals surface area contributed by atoms with Crippen LogP contribution >= 0.6 is 0 Å². The summed E-state index contributed by atoms with van der Waals surface area (Å²) in [5.41, 5.74) is 2.40. The summed E-state index contributed by atoms with van der Waals surface area (Å²) in [5.74, 6) is 0.488. The molecular weight excluding hydrogens is 789 g/mol. The molecule has 312 valence electrons. The lowest BCUT2D eigenvalue weighted by molar-refractivity contribution is 0.00493. The Balaban J connectivity index is 0.633. The maximum atomic E-state index is 13.6. The Hall–Kier alpha value is -7.30. The molecule has 0 saturated carbocycles. The fourth-order valence-corrected chi connectivity index (χ4v) is 8.59. The van der Waals surface area contributed by atoms with Crippen LogP contribution in [0.2, 0.25) is 0 Å². The van der Waals surface area contributed by atoms with E-state index in [9.17, 15) is 9.59 Å². The van der Waals surface area contributed by atoms with Gasteiger partial charge in [0, 0.05) is 22.1 Å². The molecule has 10 rings (SSSR count). The number of benzene rings is 10. The van der Waals surface area contributed by atoms with Gasteiger partial charge in [-0.3, -0.25) is 9.59 Å². The molecule has 0 fully saturated rings. The highest BCUT2D eigenvalue weighted by Gasteiger charge is 2.18. The number of ether oxygens (including phenoxy) is 5. The SMILES string of the molecule is O=C(Nc1ccc2ccc3cccc4ccc1c2c34)c1ccccc1OCCOCCOCCOCCOc1ccccc1C(=O)Nc1ccc2ccc3cccc4ccc1c2c34. The second kappa shape index (κ2) is 18.0. The molecule has 0 bridgehead atoms. The number of nitrogens with one attached hydrogen (secondary N) is 2. The van der Waals surface area contributed by atoms with Gasteiger partial charge in [0.2, 0.25) is 0 Å². The smallest absolute Gasteiger partial charge is 0.259 e. The Kier molecular flexibility index (Phi) is 11.4. The van der Waals surface area contributed by atoms with Gasteiger partial charge in [-0.1, -0.05) is 121 Å². The number of carbonyl (C=O) groups excluding carboxylic acids is 2. The van der Waals surface area contributed by atoms with E-state index in [-0.39, 0.29) is 25.0 Å². The van der Waals surface area contributed by atoms with Gasteiger partial charge in [0.15, 0.2) is 0 Å². The lowest BCUT2D eigenvalue weighted by atomic mass is 9.93. The summed E-state index contributed by atoms with van der Waals surface area (Å²) in [4.78, 5) is 27.2. The normalized spacial score (nSPS) is 11.7. The Labute approximate surface area is 363 Å². The number of rotatable bonds is 18. The molecule has 10 aromatic carbocycles. The minimum Gasteiger partial charge on any atom is -0.490 e. The molecule has 0 atom stereocenters. The van der Waals surface area contributed by atoms with Gasteiger partial charge in [0.05, 0.1) is 50.8 Å². The molecule has 0 radical (unpaired) electrons. The average molecular weight is 833 g/mol. The fourth-order valence-electron chi connectivity index (χ4n) is 8.59. The van der Waals surface area contributed by atoms with E-state index in [1.165, 1.54) is 32.3 Å². The van der Waals surface area contributed by atoms with E-state index >= 15 is 0 Å². The quantitative estimate of drug-likeness (QED) is 0.0655. The molecule has 0 aliphatic carbocycles. The zero-order valence-corrected chi connectivity index (χ0v) is 34.5. The monoisotopic (exact) mass is 832 g/mol. The van der Waals surface area contributed by atoms with E-state index in [1.807, 2.05) is 36.4 Å². The summed E-state index contributed by atoms with van der Waals surface area (Å²) in [7, 11) is 0. The first kappa shape index (κ1) is 39.8. The summed E-state index contributed by atoms with van der Waals surface area (Å²) in [6.45, 7) is 2.78. The van der Waals surface area contributed by atoms with E-state index in [0.29, 0.717) is 62.3 Å². The van der Waals surface area contributed by atoms with Gasteiger partial charge < -0.3 is 34.3 Å². The Morgan fingerprint density at radius 3 is 1.08 bits per heavy atom. The second-order valence-electron chi connectivity index (χ2n) is 15.4. The number of hydrogen-bond donors (Lipinski definition) is 2. The molecule has 0 aliphatic heterocycles. The van der Waals surface area contributed by atoms with Gasteiger partial charge in [-0.05, 0) is 90.3 Å². The van der Waals surface area contributed by atoms with Crippen molar-refractivity contribution >= 4 is 87.8 Å². The summed E-state index contributed by atoms with van der Waals surface area (Å²) in [5, 5.41) is 19.9. The summed E-state index contributed by atoms with van der Waals surface area (Å²) < 4.78 is 29.1. The van der Waals surface area contributed by atoms with Crippen molar-refractivity contribution < 1.29 is 33.3 Å². The summed E-state index contributed by atoms with van der Waals surface area (Å²) in [6, 6.07) is 52.0. The summed E-state index contributed by atoms with van der Waals surface area (Å²) in [6.07, 6.45) is 0. The van der Waals surface area contributed by atoms with E-state index in [2.05, 4.69) is 108 Å². The second-order valence-corrected chi connectivity index (χ2v) is 15.4. The molecular formula is C54H44N2O7. The highest BCUT2D eigenvalue weighted by Crippen LogP contribution is 2.39. The van der Waals surface area contributed by atoms with Crippen LogP contribution in [0.1, 0.15) is 20.7 Å². The largest absolute Gasteiger partial charge is 0.490 e.